The number of halogens is 1. The molecule has 7 heteroatoms. The third-order valence-corrected chi connectivity index (χ3v) is 3.32. The van der Waals surface area contributed by atoms with Crippen LogP contribution in [0.4, 0.5) is 0 Å². The Kier molecular flexibility index (Phi) is 7.54. The second kappa shape index (κ2) is 9.15. The molecule has 2 amide bonds. The van der Waals surface area contributed by atoms with Gasteiger partial charge in [-0.15, -0.1) is 0 Å². The van der Waals surface area contributed by atoms with Crippen molar-refractivity contribution in [2.24, 2.45) is 5.92 Å². The van der Waals surface area contributed by atoms with E-state index in [2.05, 4.69) is 10.6 Å². The van der Waals surface area contributed by atoms with E-state index in [-0.39, 0.29) is 24.8 Å². The summed E-state index contributed by atoms with van der Waals surface area (Å²) in [5.74, 6) is -1.80. The van der Waals surface area contributed by atoms with Crippen molar-refractivity contribution in [1.29, 1.82) is 0 Å². The van der Waals surface area contributed by atoms with Gasteiger partial charge in [0.05, 0.1) is 13.0 Å². The van der Waals surface area contributed by atoms with Crippen LogP contribution in [0, 0.1) is 5.92 Å². The SMILES string of the molecule is CC(C)C[C@H](NC(=O)CNC(=O)Cc1ccc(Cl)cc1)C(=O)O. The molecule has 1 aromatic carbocycles. The van der Waals surface area contributed by atoms with Crippen LogP contribution in [0.2, 0.25) is 5.02 Å². The van der Waals surface area contributed by atoms with Crippen LogP contribution in [-0.4, -0.2) is 35.5 Å². The molecule has 0 spiro atoms. The number of carboxylic acid groups (broad SMARTS) is 1. The molecule has 0 heterocycles. The number of amides is 2. The first-order valence-corrected chi connectivity index (χ1v) is 7.69. The summed E-state index contributed by atoms with van der Waals surface area (Å²) in [7, 11) is 0. The van der Waals surface area contributed by atoms with E-state index in [0.29, 0.717) is 11.4 Å². The molecule has 0 fully saturated rings. The molecule has 0 radical (unpaired) electrons. The Hall–Kier alpha value is -2.08. The van der Waals surface area contributed by atoms with Crippen LogP contribution in [0.25, 0.3) is 0 Å². The summed E-state index contributed by atoms with van der Waals surface area (Å²) in [6, 6.07) is 5.87. The lowest BCUT2D eigenvalue weighted by molar-refractivity contribution is -0.142. The number of benzene rings is 1. The molecule has 1 rings (SSSR count). The molecule has 0 aromatic heterocycles. The zero-order valence-corrected chi connectivity index (χ0v) is 13.9. The fraction of sp³-hybridized carbons (Fsp3) is 0.438. The van der Waals surface area contributed by atoms with Crippen molar-refractivity contribution in [2.75, 3.05) is 6.54 Å². The Labute approximate surface area is 140 Å². The van der Waals surface area contributed by atoms with Gasteiger partial charge in [-0.05, 0) is 30.0 Å². The molecule has 0 bridgehead atoms. The van der Waals surface area contributed by atoms with Gasteiger partial charge in [0.25, 0.3) is 0 Å². The minimum Gasteiger partial charge on any atom is -0.480 e. The lowest BCUT2D eigenvalue weighted by atomic mass is 10.0. The molecule has 6 nitrogen and oxygen atoms in total. The van der Waals surface area contributed by atoms with E-state index in [1.165, 1.54) is 0 Å². The van der Waals surface area contributed by atoms with Crippen molar-refractivity contribution in [1.82, 2.24) is 10.6 Å². The summed E-state index contributed by atoms with van der Waals surface area (Å²) in [6.07, 6.45) is 0.457. The molecule has 0 saturated heterocycles. The molecular weight excluding hydrogens is 320 g/mol. The Morgan fingerprint density at radius 3 is 2.26 bits per heavy atom. The van der Waals surface area contributed by atoms with Crippen LogP contribution in [-0.2, 0) is 20.8 Å². The van der Waals surface area contributed by atoms with Gasteiger partial charge in [0.1, 0.15) is 6.04 Å². The Balaban J connectivity index is 2.40. The number of carbonyl (C=O) groups is 3. The predicted octanol–water partition coefficient (Wildman–Crippen LogP) is 1.61. The standard InChI is InChI=1S/C16H21ClN2O4/c1-10(2)7-13(16(22)23)19-15(21)9-18-14(20)8-11-3-5-12(17)6-4-11/h3-6,10,13H,7-9H2,1-2H3,(H,18,20)(H,19,21)(H,22,23)/t13-/m0/s1. The summed E-state index contributed by atoms with van der Waals surface area (Å²) in [5.41, 5.74) is 0.774. The van der Waals surface area contributed by atoms with Crippen molar-refractivity contribution >= 4 is 29.4 Å². The first-order chi connectivity index (χ1) is 10.8. The number of carboxylic acids is 1. The van der Waals surface area contributed by atoms with E-state index < -0.39 is 17.9 Å². The van der Waals surface area contributed by atoms with Crippen molar-refractivity contribution in [3.63, 3.8) is 0 Å². The maximum atomic E-state index is 11.8. The van der Waals surface area contributed by atoms with Crippen molar-refractivity contribution in [3.8, 4) is 0 Å². The van der Waals surface area contributed by atoms with Crippen LogP contribution < -0.4 is 10.6 Å². The van der Waals surface area contributed by atoms with Crippen molar-refractivity contribution in [2.45, 2.75) is 32.7 Å². The lowest BCUT2D eigenvalue weighted by Crippen LogP contribution is -2.46. The molecule has 0 aliphatic rings. The van der Waals surface area contributed by atoms with E-state index in [4.69, 9.17) is 16.7 Å². The quantitative estimate of drug-likeness (QED) is 0.670. The fourth-order valence-corrected chi connectivity index (χ4v) is 2.09. The first kappa shape index (κ1) is 19.0. The normalized spacial score (nSPS) is 11.8. The molecule has 0 aliphatic carbocycles. The monoisotopic (exact) mass is 340 g/mol. The number of hydrogen-bond acceptors (Lipinski definition) is 3. The average molecular weight is 341 g/mol. The number of carbonyl (C=O) groups excluding carboxylic acids is 2. The molecule has 3 N–H and O–H groups in total. The molecule has 0 saturated carbocycles. The second-order valence-electron chi connectivity index (χ2n) is 5.67. The Morgan fingerprint density at radius 2 is 1.74 bits per heavy atom. The van der Waals surface area contributed by atoms with Gasteiger partial charge in [-0.25, -0.2) is 4.79 Å². The van der Waals surface area contributed by atoms with Crippen molar-refractivity contribution < 1.29 is 19.5 Å². The number of rotatable bonds is 8. The summed E-state index contributed by atoms with van der Waals surface area (Å²) in [4.78, 5) is 34.6. The molecule has 0 unspecified atom stereocenters. The molecular formula is C16H21ClN2O4. The van der Waals surface area contributed by atoms with E-state index in [9.17, 15) is 14.4 Å². The first-order valence-electron chi connectivity index (χ1n) is 7.31. The maximum Gasteiger partial charge on any atom is 0.326 e. The van der Waals surface area contributed by atoms with Crippen LogP contribution in [0.1, 0.15) is 25.8 Å². The third kappa shape index (κ3) is 7.65. The minimum atomic E-state index is -1.08. The van der Waals surface area contributed by atoms with Crippen LogP contribution >= 0.6 is 11.6 Å². The van der Waals surface area contributed by atoms with Gasteiger partial charge < -0.3 is 15.7 Å². The Bertz CT molecular complexity index is 558. The highest BCUT2D eigenvalue weighted by atomic mass is 35.5. The molecule has 0 aliphatic heterocycles. The zero-order chi connectivity index (χ0) is 17.4. The number of aliphatic carboxylic acids is 1. The van der Waals surface area contributed by atoms with Gasteiger partial charge in [-0.2, -0.15) is 0 Å². The van der Waals surface area contributed by atoms with Gasteiger partial charge in [-0.3, -0.25) is 9.59 Å². The van der Waals surface area contributed by atoms with Crippen molar-refractivity contribution in [3.05, 3.63) is 34.9 Å². The summed E-state index contributed by atoms with van der Waals surface area (Å²) < 4.78 is 0. The molecule has 1 atom stereocenters. The number of nitrogens with one attached hydrogen (secondary N) is 2. The summed E-state index contributed by atoms with van der Waals surface area (Å²) >= 11 is 5.76. The summed E-state index contributed by atoms with van der Waals surface area (Å²) in [5, 5.41) is 14.5. The highest BCUT2D eigenvalue weighted by Gasteiger charge is 2.21. The fourth-order valence-electron chi connectivity index (χ4n) is 1.97. The second-order valence-corrected chi connectivity index (χ2v) is 6.10. The van der Waals surface area contributed by atoms with Crippen LogP contribution in [0.5, 0.6) is 0 Å². The Morgan fingerprint density at radius 1 is 1.13 bits per heavy atom. The minimum absolute atomic E-state index is 0.124. The van der Waals surface area contributed by atoms with Gasteiger partial charge in [0.15, 0.2) is 0 Å². The van der Waals surface area contributed by atoms with Crippen LogP contribution in [0.15, 0.2) is 24.3 Å². The maximum absolute atomic E-state index is 11.8. The van der Waals surface area contributed by atoms with Gasteiger partial charge >= 0.3 is 5.97 Å². The van der Waals surface area contributed by atoms with Gasteiger partial charge in [0.2, 0.25) is 11.8 Å². The highest BCUT2D eigenvalue weighted by Crippen LogP contribution is 2.09. The molecule has 1 aromatic rings. The zero-order valence-electron chi connectivity index (χ0n) is 13.1. The number of hydrogen-bond donors (Lipinski definition) is 3. The van der Waals surface area contributed by atoms with Crippen LogP contribution in [0.3, 0.4) is 0 Å². The van der Waals surface area contributed by atoms with E-state index in [0.717, 1.165) is 5.56 Å². The van der Waals surface area contributed by atoms with E-state index in [1.807, 2.05) is 13.8 Å². The van der Waals surface area contributed by atoms with E-state index in [1.54, 1.807) is 24.3 Å². The third-order valence-electron chi connectivity index (χ3n) is 3.06. The van der Waals surface area contributed by atoms with Gasteiger partial charge in [-0.1, -0.05) is 37.6 Å². The van der Waals surface area contributed by atoms with E-state index >= 15 is 0 Å². The lowest BCUT2D eigenvalue weighted by Gasteiger charge is -2.16. The predicted molar refractivity (Wildman–Crippen MR) is 87.2 cm³/mol. The smallest absolute Gasteiger partial charge is 0.326 e. The largest absolute Gasteiger partial charge is 0.480 e. The topological polar surface area (TPSA) is 95.5 Å². The average Bonchev–Trinajstić information content (AvgIpc) is 2.46. The van der Waals surface area contributed by atoms with Gasteiger partial charge in [0, 0.05) is 5.02 Å². The highest BCUT2D eigenvalue weighted by molar-refractivity contribution is 6.30. The molecule has 23 heavy (non-hydrogen) atoms. The summed E-state index contributed by atoms with van der Waals surface area (Å²) in [6.45, 7) is 3.49. The molecule has 126 valence electrons.